The third-order valence-electron chi connectivity index (χ3n) is 4.43. The summed E-state index contributed by atoms with van der Waals surface area (Å²) in [5.41, 5.74) is 1.02. The third-order valence-corrected chi connectivity index (χ3v) is 4.43. The maximum Gasteiger partial charge on any atom is 0.271 e. The maximum absolute atomic E-state index is 12.5. The highest BCUT2D eigenvalue weighted by atomic mass is 16.3. The molecule has 0 unspecified atom stereocenters. The molecule has 2 N–H and O–H groups in total. The highest BCUT2D eigenvalue weighted by Crippen LogP contribution is 2.31. The largest absolute Gasteiger partial charge is 0.393 e. The number of pyridine rings is 1. The van der Waals surface area contributed by atoms with Crippen LogP contribution in [0.5, 0.6) is 0 Å². The third kappa shape index (κ3) is 3.68. The minimum Gasteiger partial charge on any atom is -0.393 e. The minimum absolute atomic E-state index is 0.0951. The van der Waals surface area contributed by atoms with E-state index in [1.807, 2.05) is 12.1 Å². The van der Waals surface area contributed by atoms with E-state index in [-0.39, 0.29) is 35.2 Å². The maximum atomic E-state index is 12.5. The molecule has 0 aromatic carbocycles. The van der Waals surface area contributed by atoms with Crippen LogP contribution < -0.4 is 10.9 Å². The molecule has 1 fully saturated rings. The standard InChI is InChI=1S/C17H20N4O3/c1-21-16(23)3-2-14(20-21)17(24)19-15(12-9-13(22)10-12)8-11-4-6-18-7-5-11/h2-7,12-13,15,22H,8-10H2,1H3,(H,19,24)/t12?,13?,15-/m1/s1. The molecular weight excluding hydrogens is 308 g/mol. The zero-order valence-corrected chi connectivity index (χ0v) is 13.4. The van der Waals surface area contributed by atoms with E-state index in [4.69, 9.17) is 0 Å². The number of carbonyl (C=O) groups is 1. The first-order valence-corrected chi connectivity index (χ1v) is 7.95. The lowest BCUT2D eigenvalue weighted by molar-refractivity contribution is 0.0238. The molecule has 2 aromatic rings. The lowest BCUT2D eigenvalue weighted by Gasteiger charge is -2.38. The molecule has 1 aliphatic carbocycles. The predicted molar refractivity (Wildman–Crippen MR) is 87.4 cm³/mol. The number of carbonyl (C=O) groups excluding carboxylic acids is 1. The molecule has 2 aromatic heterocycles. The van der Waals surface area contributed by atoms with Crippen LogP contribution in [0.15, 0.2) is 41.5 Å². The van der Waals surface area contributed by atoms with Crippen LogP contribution >= 0.6 is 0 Å². The van der Waals surface area contributed by atoms with Crippen molar-refractivity contribution in [3.63, 3.8) is 0 Å². The SMILES string of the molecule is Cn1nc(C(=O)N[C@H](Cc2ccncc2)C2CC(O)C2)ccc1=O. The fourth-order valence-electron chi connectivity index (χ4n) is 2.93. The molecular formula is C17H20N4O3. The lowest BCUT2D eigenvalue weighted by Crippen LogP contribution is -2.48. The van der Waals surface area contributed by atoms with Gasteiger partial charge in [0, 0.05) is 31.5 Å². The van der Waals surface area contributed by atoms with Crippen LogP contribution in [0, 0.1) is 5.92 Å². The summed E-state index contributed by atoms with van der Waals surface area (Å²) in [5.74, 6) is -0.0873. The monoisotopic (exact) mass is 328 g/mol. The molecule has 0 spiro atoms. The number of nitrogens with zero attached hydrogens (tertiary/aromatic N) is 3. The molecule has 1 saturated carbocycles. The Labute approximate surface area is 139 Å². The van der Waals surface area contributed by atoms with Crippen molar-refractivity contribution in [2.24, 2.45) is 13.0 Å². The second-order valence-electron chi connectivity index (χ2n) is 6.21. The number of amides is 1. The summed E-state index contributed by atoms with van der Waals surface area (Å²) in [6.45, 7) is 0. The van der Waals surface area contributed by atoms with Gasteiger partial charge in [-0.1, -0.05) is 0 Å². The molecule has 126 valence electrons. The average molecular weight is 328 g/mol. The molecule has 0 bridgehead atoms. The van der Waals surface area contributed by atoms with Crippen LogP contribution in [-0.4, -0.2) is 37.9 Å². The average Bonchev–Trinajstić information content (AvgIpc) is 2.55. The first-order valence-electron chi connectivity index (χ1n) is 7.95. The van der Waals surface area contributed by atoms with Gasteiger partial charge in [-0.15, -0.1) is 0 Å². The van der Waals surface area contributed by atoms with Gasteiger partial charge in [-0.2, -0.15) is 5.10 Å². The molecule has 7 nitrogen and oxygen atoms in total. The Kier molecular flexibility index (Phi) is 4.71. The molecule has 0 aliphatic heterocycles. The van der Waals surface area contributed by atoms with Gasteiger partial charge in [0.25, 0.3) is 11.5 Å². The Morgan fingerprint density at radius 3 is 2.67 bits per heavy atom. The fourth-order valence-corrected chi connectivity index (χ4v) is 2.93. The second-order valence-corrected chi connectivity index (χ2v) is 6.21. The van der Waals surface area contributed by atoms with E-state index in [9.17, 15) is 14.7 Å². The van der Waals surface area contributed by atoms with Gasteiger partial charge in [0.05, 0.1) is 6.10 Å². The van der Waals surface area contributed by atoms with Crippen LogP contribution in [0.25, 0.3) is 0 Å². The number of aliphatic hydroxyl groups excluding tert-OH is 1. The van der Waals surface area contributed by atoms with Gasteiger partial charge in [0.1, 0.15) is 5.69 Å². The number of rotatable bonds is 5. The topological polar surface area (TPSA) is 97.1 Å². The Morgan fingerprint density at radius 2 is 2.04 bits per heavy atom. The number of hydrogen-bond donors (Lipinski definition) is 2. The Hall–Kier alpha value is -2.54. The van der Waals surface area contributed by atoms with E-state index in [0.717, 1.165) is 10.2 Å². The molecule has 1 amide bonds. The van der Waals surface area contributed by atoms with Gasteiger partial charge in [-0.3, -0.25) is 14.6 Å². The van der Waals surface area contributed by atoms with Crippen molar-refractivity contribution in [3.05, 3.63) is 58.3 Å². The minimum atomic E-state index is -0.314. The first kappa shape index (κ1) is 16.3. The zero-order chi connectivity index (χ0) is 17.1. The Bertz CT molecular complexity index is 769. The Morgan fingerprint density at radius 1 is 1.33 bits per heavy atom. The number of aliphatic hydroxyl groups is 1. The van der Waals surface area contributed by atoms with E-state index in [1.165, 1.54) is 19.2 Å². The molecule has 7 heteroatoms. The summed E-state index contributed by atoms with van der Waals surface area (Å²) in [4.78, 5) is 27.9. The zero-order valence-electron chi connectivity index (χ0n) is 13.4. The van der Waals surface area contributed by atoms with Crippen LogP contribution in [0.3, 0.4) is 0 Å². The number of nitrogens with one attached hydrogen (secondary N) is 1. The van der Waals surface area contributed by atoms with Gasteiger partial charge >= 0.3 is 0 Å². The summed E-state index contributed by atoms with van der Waals surface area (Å²) >= 11 is 0. The molecule has 1 atom stereocenters. The smallest absolute Gasteiger partial charge is 0.271 e. The second kappa shape index (κ2) is 6.92. The number of aryl methyl sites for hydroxylation is 1. The van der Waals surface area contributed by atoms with Crippen LogP contribution in [0.2, 0.25) is 0 Å². The molecule has 2 heterocycles. The van der Waals surface area contributed by atoms with Crippen molar-refractivity contribution >= 4 is 5.91 Å². The van der Waals surface area contributed by atoms with Crippen molar-refractivity contribution in [1.29, 1.82) is 0 Å². The van der Waals surface area contributed by atoms with Gasteiger partial charge in [0.2, 0.25) is 0 Å². The number of hydrogen-bond acceptors (Lipinski definition) is 5. The first-order chi connectivity index (χ1) is 11.5. The molecule has 0 saturated heterocycles. The highest BCUT2D eigenvalue weighted by molar-refractivity contribution is 5.92. The normalized spacial score (nSPS) is 20.9. The summed E-state index contributed by atoms with van der Waals surface area (Å²) in [6, 6.07) is 6.49. The summed E-state index contributed by atoms with van der Waals surface area (Å²) in [6.07, 6.45) is 5.17. The quantitative estimate of drug-likeness (QED) is 0.822. The molecule has 24 heavy (non-hydrogen) atoms. The van der Waals surface area contributed by atoms with Gasteiger partial charge in [0.15, 0.2) is 0 Å². The molecule has 3 rings (SSSR count). The number of aromatic nitrogens is 3. The van der Waals surface area contributed by atoms with E-state index < -0.39 is 0 Å². The summed E-state index contributed by atoms with van der Waals surface area (Å²) in [7, 11) is 1.51. The van der Waals surface area contributed by atoms with E-state index in [0.29, 0.717) is 19.3 Å². The van der Waals surface area contributed by atoms with Crippen LogP contribution in [0.1, 0.15) is 28.9 Å². The highest BCUT2D eigenvalue weighted by Gasteiger charge is 2.35. The van der Waals surface area contributed by atoms with Crippen LogP contribution in [-0.2, 0) is 13.5 Å². The molecule has 1 aliphatic rings. The van der Waals surface area contributed by atoms with Gasteiger partial charge < -0.3 is 10.4 Å². The summed E-state index contributed by atoms with van der Waals surface area (Å²) < 4.78 is 1.14. The van der Waals surface area contributed by atoms with Crippen molar-refractivity contribution in [1.82, 2.24) is 20.1 Å². The van der Waals surface area contributed by atoms with E-state index >= 15 is 0 Å². The fraction of sp³-hybridized carbons (Fsp3) is 0.412. The van der Waals surface area contributed by atoms with Gasteiger partial charge in [-0.05, 0) is 48.9 Å². The predicted octanol–water partition coefficient (Wildman–Crippen LogP) is 0.287. The Balaban J connectivity index is 1.74. The van der Waals surface area contributed by atoms with E-state index in [2.05, 4.69) is 15.4 Å². The lowest BCUT2D eigenvalue weighted by atomic mass is 9.75. The van der Waals surface area contributed by atoms with Crippen molar-refractivity contribution in [2.45, 2.75) is 31.4 Å². The van der Waals surface area contributed by atoms with Crippen molar-refractivity contribution < 1.29 is 9.90 Å². The van der Waals surface area contributed by atoms with Crippen molar-refractivity contribution in [2.75, 3.05) is 0 Å². The van der Waals surface area contributed by atoms with E-state index in [1.54, 1.807) is 12.4 Å². The van der Waals surface area contributed by atoms with Gasteiger partial charge in [-0.25, -0.2) is 4.68 Å². The summed E-state index contributed by atoms with van der Waals surface area (Å²) in [5, 5.41) is 16.6. The molecule has 0 radical (unpaired) electrons. The van der Waals surface area contributed by atoms with Crippen molar-refractivity contribution in [3.8, 4) is 0 Å². The van der Waals surface area contributed by atoms with Crippen LogP contribution in [0.4, 0.5) is 0 Å².